The highest BCUT2D eigenvalue weighted by Crippen LogP contribution is 2.40. The van der Waals surface area contributed by atoms with Crippen LogP contribution in [0, 0.1) is 0 Å². The predicted molar refractivity (Wildman–Crippen MR) is 146 cm³/mol. The smallest absolute Gasteiger partial charge is 0.337 e. The lowest BCUT2D eigenvalue weighted by Crippen LogP contribution is -2.27. The third-order valence-electron chi connectivity index (χ3n) is 5.43. The Hall–Kier alpha value is -3.34. The number of rotatable bonds is 8. The number of thiophene rings is 1. The molecule has 10 heteroatoms. The van der Waals surface area contributed by atoms with Gasteiger partial charge in [0, 0.05) is 9.75 Å². The first-order valence-electron chi connectivity index (χ1n) is 10.7. The van der Waals surface area contributed by atoms with Crippen molar-refractivity contribution in [2.75, 3.05) is 28.4 Å². The molecule has 1 aliphatic heterocycles. The third kappa shape index (κ3) is 5.25. The summed E-state index contributed by atoms with van der Waals surface area (Å²) in [5.74, 6) is 0.984. The van der Waals surface area contributed by atoms with E-state index in [9.17, 15) is 9.59 Å². The summed E-state index contributed by atoms with van der Waals surface area (Å²) in [6, 6.07) is 14.8. The van der Waals surface area contributed by atoms with Crippen LogP contribution >= 0.6 is 35.3 Å². The third-order valence-corrected chi connectivity index (χ3v) is 7.89. The van der Waals surface area contributed by atoms with E-state index < -0.39 is 0 Å². The van der Waals surface area contributed by atoms with Gasteiger partial charge in [-0.15, -0.1) is 11.3 Å². The molecule has 36 heavy (non-hydrogen) atoms. The van der Waals surface area contributed by atoms with Crippen LogP contribution in [0.2, 0.25) is 0 Å². The second-order valence-corrected chi connectivity index (χ2v) is 10.4. The maximum absolute atomic E-state index is 13.2. The fourth-order valence-corrected chi connectivity index (χ4v) is 5.93. The van der Waals surface area contributed by atoms with Gasteiger partial charge in [0.2, 0.25) is 5.75 Å². The largest absolute Gasteiger partial charge is 0.493 e. The quantitative estimate of drug-likeness (QED) is 0.206. The molecule has 0 spiro atoms. The fourth-order valence-electron chi connectivity index (χ4n) is 3.65. The van der Waals surface area contributed by atoms with E-state index in [0.717, 1.165) is 20.9 Å². The van der Waals surface area contributed by atoms with Gasteiger partial charge in [0.15, 0.2) is 11.5 Å². The van der Waals surface area contributed by atoms with Gasteiger partial charge in [-0.05, 0) is 53.6 Å². The van der Waals surface area contributed by atoms with E-state index in [1.165, 1.54) is 18.9 Å². The molecule has 1 amide bonds. The van der Waals surface area contributed by atoms with Crippen molar-refractivity contribution in [3.05, 3.63) is 69.4 Å². The van der Waals surface area contributed by atoms with Crippen molar-refractivity contribution in [1.29, 1.82) is 0 Å². The van der Waals surface area contributed by atoms with Gasteiger partial charge in [-0.1, -0.05) is 36.1 Å². The van der Waals surface area contributed by atoms with Crippen molar-refractivity contribution in [2.45, 2.75) is 6.54 Å². The van der Waals surface area contributed by atoms with Crippen LogP contribution in [-0.2, 0) is 16.1 Å². The summed E-state index contributed by atoms with van der Waals surface area (Å²) in [5, 5.41) is 0. The van der Waals surface area contributed by atoms with E-state index in [0.29, 0.717) is 32.0 Å². The fraction of sp³-hybridized carbons (Fsp3) is 0.192. The highest BCUT2D eigenvalue weighted by Gasteiger charge is 2.32. The predicted octanol–water partition coefficient (Wildman–Crippen LogP) is 5.63. The number of amides is 1. The van der Waals surface area contributed by atoms with Crippen LogP contribution in [0.25, 0.3) is 16.5 Å². The van der Waals surface area contributed by atoms with Crippen LogP contribution in [0.3, 0.4) is 0 Å². The van der Waals surface area contributed by atoms with Gasteiger partial charge in [-0.2, -0.15) is 0 Å². The number of hydrogen-bond acceptors (Lipinski definition) is 9. The van der Waals surface area contributed by atoms with Crippen molar-refractivity contribution in [2.24, 2.45) is 0 Å². The number of methoxy groups -OCH3 is 4. The Morgan fingerprint density at radius 3 is 2.22 bits per heavy atom. The number of benzene rings is 2. The zero-order chi connectivity index (χ0) is 25.8. The molecule has 1 aromatic heterocycles. The molecule has 1 aliphatic rings. The lowest BCUT2D eigenvalue weighted by molar-refractivity contribution is -0.122. The Bertz CT molecular complexity index is 1320. The van der Waals surface area contributed by atoms with Crippen LogP contribution in [0.15, 0.2) is 53.4 Å². The molecule has 0 radical (unpaired) electrons. The Kier molecular flexibility index (Phi) is 7.97. The molecule has 0 atom stereocenters. The number of thioether (sulfide) groups is 1. The molecule has 2 heterocycles. The lowest BCUT2D eigenvalue weighted by Gasteiger charge is -2.18. The van der Waals surface area contributed by atoms with Crippen LogP contribution in [0.1, 0.15) is 20.8 Å². The summed E-state index contributed by atoms with van der Waals surface area (Å²) < 4.78 is 21.4. The molecular formula is C26H23NO6S3. The Labute approximate surface area is 222 Å². The van der Waals surface area contributed by atoms with Gasteiger partial charge in [-0.25, -0.2) is 4.79 Å². The minimum Gasteiger partial charge on any atom is -0.493 e. The summed E-state index contributed by atoms with van der Waals surface area (Å²) in [6.07, 6.45) is 1.85. The molecule has 2 aromatic carbocycles. The number of nitrogens with zero attached hydrogens (tertiary/aromatic N) is 1. The van der Waals surface area contributed by atoms with Crippen molar-refractivity contribution in [3.63, 3.8) is 0 Å². The van der Waals surface area contributed by atoms with Crippen LogP contribution in [0.4, 0.5) is 0 Å². The number of carbonyl (C=O) groups excluding carboxylic acids is 2. The van der Waals surface area contributed by atoms with E-state index in [-0.39, 0.29) is 18.4 Å². The van der Waals surface area contributed by atoms with E-state index in [1.807, 2.05) is 30.3 Å². The average Bonchev–Trinajstić information content (AvgIpc) is 3.47. The molecule has 0 aliphatic carbocycles. The van der Waals surface area contributed by atoms with Gasteiger partial charge in [-0.3, -0.25) is 9.69 Å². The van der Waals surface area contributed by atoms with Gasteiger partial charge in [0.1, 0.15) is 4.32 Å². The second kappa shape index (κ2) is 11.2. The Morgan fingerprint density at radius 1 is 0.972 bits per heavy atom. The monoisotopic (exact) mass is 541 g/mol. The van der Waals surface area contributed by atoms with Gasteiger partial charge in [0.25, 0.3) is 5.91 Å². The number of carbonyl (C=O) groups is 2. The lowest BCUT2D eigenvalue weighted by atomic mass is 10.1. The first-order chi connectivity index (χ1) is 17.4. The van der Waals surface area contributed by atoms with E-state index in [1.54, 1.807) is 61.8 Å². The first kappa shape index (κ1) is 25.7. The van der Waals surface area contributed by atoms with Gasteiger partial charge in [0.05, 0.1) is 45.5 Å². The van der Waals surface area contributed by atoms with Crippen LogP contribution in [0.5, 0.6) is 17.2 Å². The highest BCUT2D eigenvalue weighted by molar-refractivity contribution is 8.26. The summed E-state index contributed by atoms with van der Waals surface area (Å²) in [6.45, 7) is 0.279. The Morgan fingerprint density at radius 2 is 1.64 bits per heavy atom. The number of ether oxygens (including phenoxy) is 4. The van der Waals surface area contributed by atoms with Crippen LogP contribution in [-0.4, -0.2) is 49.5 Å². The zero-order valence-corrected chi connectivity index (χ0v) is 22.5. The SMILES string of the molecule is COC(=O)c1ccc(-c2ccc(/C=C3/SC(=S)N(Cc4cc(OC)c(OC)c(OC)c4)C3=O)s2)cc1. The average molecular weight is 542 g/mol. The summed E-state index contributed by atoms with van der Waals surface area (Å²) >= 11 is 8.33. The summed E-state index contributed by atoms with van der Waals surface area (Å²) in [4.78, 5) is 28.9. The molecule has 0 N–H and O–H groups in total. The molecule has 3 aromatic rings. The van der Waals surface area contributed by atoms with Crippen molar-refractivity contribution in [3.8, 4) is 27.7 Å². The molecule has 1 saturated heterocycles. The maximum Gasteiger partial charge on any atom is 0.337 e. The zero-order valence-electron chi connectivity index (χ0n) is 20.0. The van der Waals surface area contributed by atoms with E-state index in [4.69, 9.17) is 31.2 Å². The molecule has 0 saturated carbocycles. The van der Waals surface area contributed by atoms with Gasteiger partial charge < -0.3 is 18.9 Å². The second-order valence-electron chi connectivity index (χ2n) is 7.57. The van der Waals surface area contributed by atoms with Crippen molar-refractivity contribution in [1.82, 2.24) is 4.90 Å². The van der Waals surface area contributed by atoms with E-state index >= 15 is 0 Å². The van der Waals surface area contributed by atoms with Gasteiger partial charge >= 0.3 is 5.97 Å². The Balaban J connectivity index is 1.52. The topological polar surface area (TPSA) is 74.3 Å². The standard InChI is InChI=1S/C26H23NO6S3/c1-30-19-11-15(12-20(31-2)23(19)32-3)14-27-24(28)22(36-26(27)34)13-18-9-10-21(35-18)16-5-7-17(8-6-16)25(29)33-4/h5-13H,14H2,1-4H3/b22-13+. The minimum atomic E-state index is -0.373. The number of esters is 1. The van der Waals surface area contributed by atoms with Crippen molar-refractivity contribution < 1.29 is 28.5 Å². The number of thiocarbonyl (C=S) groups is 1. The molecule has 7 nitrogen and oxygen atoms in total. The first-order valence-corrected chi connectivity index (χ1v) is 12.8. The molecule has 0 unspecified atom stereocenters. The molecule has 1 fully saturated rings. The minimum absolute atomic E-state index is 0.156. The highest BCUT2D eigenvalue weighted by atomic mass is 32.2. The van der Waals surface area contributed by atoms with Crippen LogP contribution < -0.4 is 14.2 Å². The van der Waals surface area contributed by atoms with E-state index in [2.05, 4.69) is 0 Å². The molecule has 186 valence electrons. The molecule has 0 bridgehead atoms. The van der Waals surface area contributed by atoms with Crippen molar-refractivity contribution >= 4 is 57.6 Å². The molecular weight excluding hydrogens is 518 g/mol. The maximum atomic E-state index is 13.2. The number of hydrogen-bond donors (Lipinski definition) is 0. The molecule has 4 rings (SSSR count). The normalized spacial score (nSPS) is 14.3. The summed E-state index contributed by atoms with van der Waals surface area (Å²) in [7, 11) is 5.99. The summed E-state index contributed by atoms with van der Waals surface area (Å²) in [5.41, 5.74) is 2.27.